The number of piperidine rings is 1. The Kier molecular flexibility index (Phi) is 7.29. The van der Waals surface area contributed by atoms with E-state index in [-0.39, 0.29) is 18.2 Å². The number of anilines is 1. The summed E-state index contributed by atoms with van der Waals surface area (Å²) in [6.07, 6.45) is 3.08. The molecule has 0 unspecified atom stereocenters. The number of urea groups is 1. The van der Waals surface area contributed by atoms with E-state index in [4.69, 9.17) is 9.47 Å². The molecule has 1 fully saturated rings. The first kappa shape index (κ1) is 24.7. The van der Waals surface area contributed by atoms with Crippen molar-refractivity contribution in [3.63, 3.8) is 0 Å². The Morgan fingerprint density at radius 2 is 1.78 bits per heavy atom. The SMILES string of the molecule is CCCN1CCC(CNC(=O)Nc2ccc3c(c2)OCO3)(c2ccc(-c3cccc(C#N)c3)cc2)CC1. The molecule has 37 heavy (non-hydrogen) atoms. The first-order valence-electron chi connectivity index (χ1n) is 12.9. The smallest absolute Gasteiger partial charge is 0.319 e. The molecule has 2 heterocycles. The zero-order chi connectivity index (χ0) is 25.7. The lowest BCUT2D eigenvalue weighted by Crippen LogP contribution is -2.49. The lowest BCUT2D eigenvalue weighted by atomic mass is 9.72. The van der Waals surface area contributed by atoms with E-state index < -0.39 is 0 Å². The maximum atomic E-state index is 12.9. The zero-order valence-electron chi connectivity index (χ0n) is 21.1. The van der Waals surface area contributed by atoms with Crippen molar-refractivity contribution in [3.05, 3.63) is 77.9 Å². The van der Waals surface area contributed by atoms with Gasteiger partial charge in [-0.3, -0.25) is 0 Å². The predicted octanol–water partition coefficient (Wildman–Crippen LogP) is 5.52. The molecule has 0 bridgehead atoms. The molecule has 2 aliphatic heterocycles. The van der Waals surface area contributed by atoms with Gasteiger partial charge in [0.2, 0.25) is 6.79 Å². The van der Waals surface area contributed by atoms with Gasteiger partial charge in [0, 0.05) is 23.7 Å². The van der Waals surface area contributed by atoms with Crippen LogP contribution in [0.3, 0.4) is 0 Å². The van der Waals surface area contributed by atoms with Gasteiger partial charge in [-0.1, -0.05) is 43.3 Å². The summed E-state index contributed by atoms with van der Waals surface area (Å²) < 4.78 is 10.8. The van der Waals surface area contributed by atoms with Crippen LogP contribution in [0.2, 0.25) is 0 Å². The van der Waals surface area contributed by atoms with Crippen LogP contribution in [-0.2, 0) is 5.41 Å². The summed E-state index contributed by atoms with van der Waals surface area (Å²) in [4.78, 5) is 15.4. The number of nitrogens with zero attached hydrogens (tertiary/aromatic N) is 2. The molecule has 0 atom stereocenters. The molecule has 0 aromatic heterocycles. The van der Waals surface area contributed by atoms with Gasteiger partial charge in [-0.05, 0) is 79.9 Å². The zero-order valence-corrected chi connectivity index (χ0v) is 21.1. The Bertz CT molecular complexity index is 1290. The molecular formula is C30H32N4O3. The molecule has 3 aromatic rings. The molecule has 3 aromatic carbocycles. The molecule has 0 aliphatic carbocycles. The number of ether oxygens (including phenoxy) is 2. The number of hydrogen-bond donors (Lipinski definition) is 2. The Hall–Kier alpha value is -4.02. The number of amides is 2. The van der Waals surface area contributed by atoms with Gasteiger partial charge in [-0.25, -0.2) is 4.79 Å². The van der Waals surface area contributed by atoms with Crippen molar-refractivity contribution >= 4 is 11.7 Å². The summed E-state index contributed by atoms with van der Waals surface area (Å²) >= 11 is 0. The molecular weight excluding hydrogens is 464 g/mol. The third-order valence-electron chi connectivity index (χ3n) is 7.39. The van der Waals surface area contributed by atoms with Crippen molar-refractivity contribution in [2.75, 3.05) is 38.3 Å². The quantitative estimate of drug-likeness (QED) is 0.450. The number of benzene rings is 3. The first-order valence-corrected chi connectivity index (χ1v) is 12.9. The van der Waals surface area contributed by atoms with Crippen molar-refractivity contribution in [2.45, 2.75) is 31.6 Å². The number of nitriles is 1. The average Bonchev–Trinajstić information content (AvgIpc) is 3.41. The van der Waals surface area contributed by atoms with E-state index in [2.05, 4.69) is 52.8 Å². The Balaban J connectivity index is 1.31. The van der Waals surface area contributed by atoms with Crippen molar-refractivity contribution in [1.82, 2.24) is 10.2 Å². The normalized spacial score (nSPS) is 16.1. The highest BCUT2D eigenvalue weighted by Gasteiger charge is 2.36. The van der Waals surface area contributed by atoms with E-state index in [0.717, 1.165) is 50.0 Å². The highest BCUT2D eigenvalue weighted by atomic mass is 16.7. The van der Waals surface area contributed by atoms with Gasteiger partial charge in [0.1, 0.15) is 0 Å². The molecule has 5 rings (SSSR count). The van der Waals surface area contributed by atoms with Crippen LogP contribution >= 0.6 is 0 Å². The average molecular weight is 497 g/mol. The van der Waals surface area contributed by atoms with Gasteiger partial charge in [0.15, 0.2) is 11.5 Å². The highest BCUT2D eigenvalue weighted by molar-refractivity contribution is 5.89. The molecule has 0 saturated carbocycles. The van der Waals surface area contributed by atoms with Crippen LogP contribution < -0.4 is 20.1 Å². The summed E-state index contributed by atoms with van der Waals surface area (Å²) in [6, 6.07) is 23.6. The van der Waals surface area contributed by atoms with Crippen molar-refractivity contribution in [1.29, 1.82) is 5.26 Å². The second kappa shape index (κ2) is 10.9. The molecule has 0 spiro atoms. The van der Waals surface area contributed by atoms with Gasteiger partial charge >= 0.3 is 6.03 Å². The monoisotopic (exact) mass is 496 g/mol. The van der Waals surface area contributed by atoms with Crippen LogP contribution in [0.4, 0.5) is 10.5 Å². The van der Waals surface area contributed by atoms with Gasteiger partial charge in [0.25, 0.3) is 0 Å². The molecule has 7 nitrogen and oxygen atoms in total. The number of likely N-dealkylation sites (tertiary alicyclic amines) is 1. The van der Waals surface area contributed by atoms with Gasteiger partial charge < -0.3 is 25.0 Å². The van der Waals surface area contributed by atoms with E-state index in [0.29, 0.717) is 29.3 Å². The largest absolute Gasteiger partial charge is 0.454 e. The fraction of sp³-hybridized carbons (Fsp3) is 0.333. The van der Waals surface area contributed by atoms with Crippen LogP contribution in [0, 0.1) is 11.3 Å². The lowest BCUT2D eigenvalue weighted by molar-refractivity contribution is 0.157. The summed E-state index contributed by atoms with van der Waals surface area (Å²) in [5, 5.41) is 15.3. The first-order chi connectivity index (χ1) is 18.1. The fourth-order valence-electron chi connectivity index (χ4n) is 5.27. The number of carbonyl (C=O) groups excluding carboxylic acids is 1. The molecule has 1 saturated heterocycles. The number of nitrogens with one attached hydrogen (secondary N) is 2. The van der Waals surface area contributed by atoms with E-state index in [1.165, 1.54) is 5.56 Å². The summed E-state index contributed by atoms with van der Waals surface area (Å²) in [7, 11) is 0. The fourth-order valence-corrected chi connectivity index (χ4v) is 5.27. The van der Waals surface area contributed by atoms with Crippen LogP contribution in [0.5, 0.6) is 11.5 Å². The van der Waals surface area contributed by atoms with E-state index in [1.807, 2.05) is 30.3 Å². The molecule has 2 amide bonds. The predicted molar refractivity (Wildman–Crippen MR) is 144 cm³/mol. The maximum Gasteiger partial charge on any atom is 0.319 e. The summed E-state index contributed by atoms with van der Waals surface area (Å²) in [5.74, 6) is 1.32. The molecule has 2 N–H and O–H groups in total. The van der Waals surface area contributed by atoms with E-state index >= 15 is 0 Å². The van der Waals surface area contributed by atoms with Crippen molar-refractivity contribution in [3.8, 4) is 28.7 Å². The summed E-state index contributed by atoms with van der Waals surface area (Å²) in [5.41, 5.74) is 4.50. The molecule has 7 heteroatoms. The Labute approximate surface area is 218 Å². The van der Waals surface area contributed by atoms with Gasteiger partial charge in [0.05, 0.1) is 11.6 Å². The Morgan fingerprint density at radius 1 is 1.00 bits per heavy atom. The second-order valence-electron chi connectivity index (χ2n) is 9.77. The standard InChI is InChI=1S/C30H32N4O3/c1-2-14-34-15-12-30(13-16-34,20-32-29(35)33-26-10-11-27-28(18-26)37-21-36-27)25-8-6-23(7-9-25)24-5-3-4-22(17-24)19-31/h3-11,17-18H,2,12-16,20-21H2,1H3,(H2,32,33,35). The van der Waals surface area contributed by atoms with E-state index in [9.17, 15) is 10.1 Å². The third kappa shape index (κ3) is 5.55. The molecule has 0 radical (unpaired) electrons. The molecule has 190 valence electrons. The minimum atomic E-state index is -0.237. The van der Waals surface area contributed by atoms with Crippen LogP contribution in [0.15, 0.2) is 66.7 Å². The number of carbonyl (C=O) groups is 1. The number of rotatable bonds is 7. The topological polar surface area (TPSA) is 86.6 Å². The van der Waals surface area contributed by atoms with Crippen LogP contribution in [0.1, 0.15) is 37.3 Å². The maximum absolute atomic E-state index is 12.9. The highest BCUT2D eigenvalue weighted by Crippen LogP contribution is 2.37. The third-order valence-corrected chi connectivity index (χ3v) is 7.39. The minimum Gasteiger partial charge on any atom is -0.454 e. The number of fused-ring (bicyclic) bond motifs is 1. The Morgan fingerprint density at radius 3 is 2.54 bits per heavy atom. The van der Waals surface area contributed by atoms with Crippen molar-refractivity contribution < 1.29 is 14.3 Å². The van der Waals surface area contributed by atoms with Crippen LogP contribution in [0.25, 0.3) is 11.1 Å². The van der Waals surface area contributed by atoms with Crippen LogP contribution in [-0.4, -0.2) is 43.9 Å². The van der Waals surface area contributed by atoms with Gasteiger partial charge in [-0.2, -0.15) is 5.26 Å². The van der Waals surface area contributed by atoms with E-state index in [1.54, 1.807) is 12.1 Å². The van der Waals surface area contributed by atoms with Gasteiger partial charge in [-0.15, -0.1) is 0 Å². The molecule has 2 aliphatic rings. The minimum absolute atomic E-state index is 0.149. The van der Waals surface area contributed by atoms with Crippen molar-refractivity contribution in [2.24, 2.45) is 0 Å². The lowest BCUT2D eigenvalue weighted by Gasteiger charge is -2.42. The summed E-state index contributed by atoms with van der Waals surface area (Å²) in [6.45, 7) is 6.07. The second-order valence-corrected chi connectivity index (χ2v) is 9.77. The number of hydrogen-bond acceptors (Lipinski definition) is 5.